The molecule has 15 heavy (non-hydrogen) atoms. The molecule has 82 valence electrons. The molecule has 1 aromatic rings. The van der Waals surface area contributed by atoms with Gasteiger partial charge in [0.25, 0.3) is 0 Å². The second-order valence-corrected chi connectivity index (χ2v) is 5.14. The number of unbranched alkanes of at least 4 members (excludes halogenated alkanes) is 1. The number of nitrogens with one attached hydrogen (secondary N) is 1. The summed E-state index contributed by atoms with van der Waals surface area (Å²) in [6, 6.07) is 7.27. The quantitative estimate of drug-likeness (QED) is 0.856. The lowest BCUT2D eigenvalue weighted by atomic mass is 10.2. The van der Waals surface area contributed by atoms with E-state index in [1.54, 1.807) is 6.07 Å². The molecule has 1 aliphatic rings. The van der Waals surface area contributed by atoms with Crippen molar-refractivity contribution in [2.75, 3.05) is 15.6 Å². The summed E-state index contributed by atoms with van der Waals surface area (Å²) in [4.78, 5) is 0. The minimum Gasteiger partial charge on any atom is -0.264 e. The van der Waals surface area contributed by atoms with Crippen LogP contribution in [0.15, 0.2) is 24.3 Å². The second-order valence-electron chi connectivity index (χ2n) is 3.55. The first-order chi connectivity index (χ1) is 7.15. The van der Waals surface area contributed by atoms with E-state index in [1.165, 1.54) is 4.31 Å². The molecule has 0 saturated heterocycles. The fourth-order valence-electron chi connectivity index (χ4n) is 1.64. The van der Waals surface area contributed by atoms with E-state index in [0.717, 1.165) is 18.5 Å². The minimum absolute atomic E-state index is 0.544. The molecule has 0 aromatic heterocycles. The minimum atomic E-state index is -3.34. The SMILES string of the molecule is CCCCN1c2ccccc2NS1(=O)=O. The Bertz CT molecular complexity index is 456. The van der Waals surface area contributed by atoms with Gasteiger partial charge in [-0.15, -0.1) is 0 Å². The second kappa shape index (κ2) is 3.73. The summed E-state index contributed by atoms with van der Waals surface area (Å²) in [5, 5.41) is 0. The summed E-state index contributed by atoms with van der Waals surface area (Å²) < 4.78 is 27.4. The molecule has 0 aliphatic carbocycles. The van der Waals surface area contributed by atoms with Crippen LogP contribution >= 0.6 is 0 Å². The fraction of sp³-hybridized carbons (Fsp3) is 0.400. The number of rotatable bonds is 3. The van der Waals surface area contributed by atoms with E-state index in [2.05, 4.69) is 4.72 Å². The van der Waals surface area contributed by atoms with E-state index in [1.807, 2.05) is 25.1 Å². The van der Waals surface area contributed by atoms with Gasteiger partial charge in [0.2, 0.25) is 0 Å². The number of benzene rings is 1. The third kappa shape index (κ3) is 1.79. The average molecular weight is 226 g/mol. The third-order valence-electron chi connectivity index (χ3n) is 2.42. The predicted molar refractivity (Wildman–Crippen MR) is 61.2 cm³/mol. The van der Waals surface area contributed by atoms with Crippen molar-refractivity contribution in [1.29, 1.82) is 0 Å². The molecule has 0 fully saturated rings. The van der Waals surface area contributed by atoms with Gasteiger partial charge < -0.3 is 0 Å². The van der Waals surface area contributed by atoms with E-state index < -0.39 is 10.2 Å². The van der Waals surface area contributed by atoms with Crippen LogP contribution < -0.4 is 9.03 Å². The van der Waals surface area contributed by atoms with Crippen LogP contribution in [0.3, 0.4) is 0 Å². The molecule has 0 saturated carbocycles. The van der Waals surface area contributed by atoms with Crippen LogP contribution in [0.5, 0.6) is 0 Å². The van der Waals surface area contributed by atoms with Crippen LogP contribution in [0.25, 0.3) is 0 Å². The first-order valence-electron chi connectivity index (χ1n) is 5.04. The van der Waals surface area contributed by atoms with Crippen LogP contribution in [0.4, 0.5) is 11.4 Å². The molecule has 1 aliphatic heterocycles. The van der Waals surface area contributed by atoms with E-state index in [4.69, 9.17) is 0 Å². The Morgan fingerprint density at radius 2 is 2.07 bits per heavy atom. The molecule has 0 unspecified atom stereocenters. The average Bonchev–Trinajstić information content (AvgIpc) is 2.45. The number of hydrogen-bond acceptors (Lipinski definition) is 2. The molecule has 0 bridgehead atoms. The smallest absolute Gasteiger partial charge is 0.264 e. The molecule has 1 aromatic carbocycles. The Morgan fingerprint density at radius 3 is 2.80 bits per heavy atom. The molecular weight excluding hydrogens is 212 g/mol. The molecule has 0 atom stereocenters. The highest BCUT2D eigenvalue weighted by Gasteiger charge is 2.31. The van der Waals surface area contributed by atoms with E-state index >= 15 is 0 Å². The molecule has 1 N–H and O–H groups in total. The lowest BCUT2D eigenvalue weighted by Gasteiger charge is -2.15. The van der Waals surface area contributed by atoms with Crippen molar-refractivity contribution in [1.82, 2.24) is 0 Å². The molecule has 4 nitrogen and oxygen atoms in total. The molecule has 0 spiro atoms. The van der Waals surface area contributed by atoms with Gasteiger partial charge in [0.15, 0.2) is 0 Å². The van der Waals surface area contributed by atoms with Gasteiger partial charge in [-0.1, -0.05) is 25.5 Å². The van der Waals surface area contributed by atoms with Gasteiger partial charge in [0.05, 0.1) is 11.4 Å². The highest BCUT2D eigenvalue weighted by atomic mass is 32.2. The topological polar surface area (TPSA) is 49.4 Å². The first-order valence-corrected chi connectivity index (χ1v) is 6.48. The Morgan fingerprint density at radius 1 is 1.33 bits per heavy atom. The van der Waals surface area contributed by atoms with Gasteiger partial charge in [-0.25, -0.2) is 0 Å². The summed E-state index contributed by atoms with van der Waals surface area (Å²) in [6.45, 7) is 2.59. The van der Waals surface area contributed by atoms with Crippen LogP contribution in [-0.2, 0) is 10.2 Å². The fourth-order valence-corrected chi connectivity index (χ4v) is 2.99. The highest BCUT2D eigenvalue weighted by Crippen LogP contribution is 2.35. The largest absolute Gasteiger partial charge is 0.324 e. The van der Waals surface area contributed by atoms with Crippen LogP contribution in [0.2, 0.25) is 0 Å². The predicted octanol–water partition coefficient (Wildman–Crippen LogP) is 1.96. The van der Waals surface area contributed by atoms with Gasteiger partial charge >= 0.3 is 10.2 Å². The van der Waals surface area contributed by atoms with E-state index in [-0.39, 0.29) is 0 Å². The zero-order valence-electron chi connectivity index (χ0n) is 8.60. The van der Waals surface area contributed by atoms with Crippen molar-refractivity contribution in [3.05, 3.63) is 24.3 Å². The van der Waals surface area contributed by atoms with Gasteiger partial charge in [-0.3, -0.25) is 9.03 Å². The number of anilines is 2. The monoisotopic (exact) mass is 226 g/mol. The summed E-state index contributed by atoms with van der Waals surface area (Å²) in [5.41, 5.74) is 1.43. The lowest BCUT2D eigenvalue weighted by Crippen LogP contribution is -2.30. The van der Waals surface area contributed by atoms with Gasteiger partial charge in [-0.2, -0.15) is 8.42 Å². The Kier molecular flexibility index (Phi) is 2.56. The molecule has 2 rings (SSSR count). The summed E-state index contributed by atoms with van der Waals surface area (Å²) in [6.07, 6.45) is 1.85. The van der Waals surface area contributed by atoms with Crippen molar-refractivity contribution in [3.63, 3.8) is 0 Å². The third-order valence-corrected chi connectivity index (χ3v) is 3.85. The number of fused-ring (bicyclic) bond motifs is 1. The molecule has 0 amide bonds. The van der Waals surface area contributed by atoms with Crippen molar-refractivity contribution in [2.24, 2.45) is 0 Å². The van der Waals surface area contributed by atoms with Crippen LogP contribution in [0, 0.1) is 0 Å². The number of nitrogens with zero attached hydrogens (tertiary/aromatic N) is 1. The Labute approximate surface area is 90.1 Å². The van der Waals surface area contributed by atoms with Crippen LogP contribution in [0.1, 0.15) is 19.8 Å². The van der Waals surface area contributed by atoms with Gasteiger partial charge in [0.1, 0.15) is 0 Å². The summed E-state index contributed by atoms with van der Waals surface area (Å²) >= 11 is 0. The summed E-state index contributed by atoms with van der Waals surface area (Å²) in [7, 11) is -3.34. The first kappa shape index (κ1) is 10.3. The number of para-hydroxylation sites is 2. The molecule has 5 heteroatoms. The molecule has 1 heterocycles. The van der Waals surface area contributed by atoms with Gasteiger partial charge in [0, 0.05) is 6.54 Å². The zero-order chi connectivity index (χ0) is 10.9. The molecule has 0 radical (unpaired) electrons. The maximum Gasteiger partial charge on any atom is 0.324 e. The van der Waals surface area contributed by atoms with Crippen molar-refractivity contribution in [3.8, 4) is 0 Å². The van der Waals surface area contributed by atoms with E-state index in [0.29, 0.717) is 12.2 Å². The van der Waals surface area contributed by atoms with Crippen molar-refractivity contribution in [2.45, 2.75) is 19.8 Å². The zero-order valence-corrected chi connectivity index (χ0v) is 9.42. The maximum absolute atomic E-state index is 11.7. The van der Waals surface area contributed by atoms with E-state index in [9.17, 15) is 8.42 Å². The number of hydrogen-bond donors (Lipinski definition) is 1. The Balaban J connectivity index is 2.35. The van der Waals surface area contributed by atoms with Crippen molar-refractivity contribution >= 4 is 21.6 Å². The van der Waals surface area contributed by atoms with Crippen molar-refractivity contribution < 1.29 is 8.42 Å². The highest BCUT2D eigenvalue weighted by molar-refractivity contribution is 7.94. The normalized spacial score (nSPS) is 17.3. The lowest BCUT2D eigenvalue weighted by molar-refractivity contribution is 0.596. The Hall–Kier alpha value is -1.23. The summed E-state index contributed by atoms with van der Waals surface area (Å²) in [5.74, 6) is 0. The van der Waals surface area contributed by atoms with Crippen LogP contribution in [-0.4, -0.2) is 15.0 Å². The molecular formula is C10H14N2O2S. The standard InChI is InChI=1S/C10H14N2O2S/c1-2-3-8-12-10-7-5-4-6-9(10)11-15(12,13)14/h4-7,11H,2-3,8H2,1H3. The maximum atomic E-state index is 11.7. The van der Waals surface area contributed by atoms with Gasteiger partial charge in [-0.05, 0) is 18.6 Å².